The Hall–Kier alpha value is -2.01. The number of aryl methyl sites for hydroxylation is 1. The molecule has 0 unspecified atom stereocenters. The lowest BCUT2D eigenvalue weighted by Crippen LogP contribution is -2.17. The molecule has 0 aliphatic rings. The summed E-state index contributed by atoms with van der Waals surface area (Å²) in [4.78, 5) is 11.7. The zero-order valence-corrected chi connectivity index (χ0v) is 13.3. The second kappa shape index (κ2) is 7.13. The summed E-state index contributed by atoms with van der Waals surface area (Å²) in [5.41, 5.74) is 1.04. The monoisotopic (exact) mass is 350 g/mol. The van der Waals surface area contributed by atoms with Crippen molar-refractivity contribution >= 4 is 21.9 Å². The van der Waals surface area contributed by atoms with Gasteiger partial charge in [0.15, 0.2) is 6.61 Å². The highest BCUT2D eigenvalue weighted by molar-refractivity contribution is 9.10. The van der Waals surface area contributed by atoms with Crippen LogP contribution in [0, 0.1) is 6.92 Å². The maximum Gasteiger partial charge on any atom is 0.349 e. The van der Waals surface area contributed by atoms with Gasteiger partial charge in [0.25, 0.3) is 0 Å². The molecule has 0 atom stereocenters. The summed E-state index contributed by atoms with van der Waals surface area (Å²) in [5.74, 6) is 1.33. The number of hydrogen-bond donors (Lipinski definition) is 0. The van der Waals surface area contributed by atoms with E-state index >= 15 is 0 Å². The highest BCUT2D eigenvalue weighted by atomic mass is 79.9. The molecule has 0 saturated carbocycles. The van der Waals surface area contributed by atoms with E-state index in [1.165, 1.54) is 0 Å². The third-order valence-corrected chi connectivity index (χ3v) is 3.67. The Labute approximate surface area is 131 Å². The Morgan fingerprint density at radius 3 is 2.29 bits per heavy atom. The van der Waals surface area contributed by atoms with Crippen molar-refractivity contribution in [2.75, 3.05) is 13.7 Å². The van der Waals surface area contributed by atoms with Crippen LogP contribution in [-0.2, 0) is 4.79 Å². The summed E-state index contributed by atoms with van der Waals surface area (Å²) >= 11 is 3.41. The standard InChI is InChI=1S/C16H15BrO4/c1-11-9-14(7-8-15(11)17)20-10-16(18)21-13-5-3-12(19-2)4-6-13/h3-9H,10H2,1-2H3. The van der Waals surface area contributed by atoms with Crippen molar-refractivity contribution in [2.45, 2.75) is 6.92 Å². The number of esters is 1. The zero-order valence-electron chi connectivity index (χ0n) is 11.8. The molecule has 0 N–H and O–H groups in total. The molecule has 0 amide bonds. The van der Waals surface area contributed by atoms with Crippen molar-refractivity contribution in [3.8, 4) is 17.2 Å². The first-order chi connectivity index (χ1) is 10.1. The van der Waals surface area contributed by atoms with Gasteiger partial charge < -0.3 is 14.2 Å². The van der Waals surface area contributed by atoms with E-state index in [1.807, 2.05) is 19.1 Å². The average Bonchev–Trinajstić information content (AvgIpc) is 2.49. The van der Waals surface area contributed by atoms with Crippen molar-refractivity contribution in [3.05, 3.63) is 52.5 Å². The lowest BCUT2D eigenvalue weighted by atomic mass is 10.2. The van der Waals surface area contributed by atoms with Gasteiger partial charge in [0.05, 0.1) is 7.11 Å². The third kappa shape index (κ3) is 4.49. The molecule has 0 saturated heterocycles. The van der Waals surface area contributed by atoms with Crippen LogP contribution in [0.15, 0.2) is 46.9 Å². The Morgan fingerprint density at radius 2 is 1.67 bits per heavy atom. The highest BCUT2D eigenvalue weighted by Gasteiger charge is 2.07. The number of hydrogen-bond acceptors (Lipinski definition) is 4. The van der Waals surface area contributed by atoms with E-state index in [1.54, 1.807) is 37.4 Å². The quantitative estimate of drug-likeness (QED) is 0.608. The second-order valence-corrected chi connectivity index (χ2v) is 5.20. The molecule has 0 heterocycles. The number of carbonyl (C=O) groups is 1. The van der Waals surface area contributed by atoms with Gasteiger partial charge in [-0.25, -0.2) is 4.79 Å². The number of ether oxygens (including phenoxy) is 3. The van der Waals surface area contributed by atoms with Crippen LogP contribution >= 0.6 is 15.9 Å². The smallest absolute Gasteiger partial charge is 0.349 e. The van der Waals surface area contributed by atoms with Crippen LogP contribution in [-0.4, -0.2) is 19.7 Å². The fourth-order valence-electron chi connectivity index (χ4n) is 1.65. The summed E-state index contributed by atoms with van der Waals surface area (Å²) in [6.07, 6.45) is 0. The van der Waals surface area contributed by atoms with Gasteiger partial charge in [-0.15, -0.1) is 0 Å². The van der Waals surface area contributed by atoms with Crippen LogP contribution in [0.2, 0.25) is 0 Å². The van der Waals surface area contributed by atoms with Gasteiger partial charge in [0.2, 0.25) is 0 Å². The first-order valence-electron chi connectivity index (χ1n) is 6.32. The molecule has 4 nitrogen and oxygen atoms in total. The first kappa shape index (κ1) is 15.4. The fourth-order valence-corrected chi connectivity index (χ4v) is 1.90. The first-order valence-corrected chi connectivity index (χ1v) is 7.11. The molecule has 0 aliphatic heterocycles. The van der Waals surface area contributed by atoms with Crippen LogP contribution in [0.3, 0.4) is 0 Å². The molecule has 2 aromatic rings. The summed E-state index contributed by atoms with van der Waals surface area (Å²) in [7, 11) is 1.58. The maximum atomic E-state index is 11.7. The molecule has 0 aliphatic carbocycles. The van der Waals surface area contributed by atoms with Crippen molar-refractivity contribution in [1.82, 2.24) is 0 Å². The van der Waals surface area contributed by atoms with Gasteiger partial charge in [-0.1, -0.05) is 15.9 Å². The van der Waals surface area contributed by atoms with Crippen LogP contribution < -0.4 is 14.2 Å². The topological polar surface area (TPSA) is 44.8 Å². The number of methoxy groups -OCH3 is 1. The molecular weight excluding hydrogens is 336 g/mol. The molecule has 21 heavy (non-hydrogen) atoms. The average molecular weight is 351 g/mol. The molecule has 2 aromatic carbocycles. The molecule has 0 fully saturated rings. The van der Waals surface area contributed by atoms with Gasteiger partial charge >= 0.3 is 5.97 Å². The largest absolute Gasteiger partial charge is 0.497 e. The zero-order chi connectivity index (χ0) is 15.2. The van der Waals surface area contributed by atoms with Crippen LogP contribution in [0.25, 0.3) is 0 Å². The number of benzene rings is 2. The summed E-state index contributed by atoms with van der Waals surface area (Å²) in [6, 6.07) is 12.3. The molecule has 0 radical (unpaired) electrons. The van der Waals surface area contributed by atoms with E-state index in [0.717, 1.165) is 10.0 Å². The summed E-state index contributed by atoms with van der Waals surface area (Å²) in [6.45, 7) is 1.81. The van der Waals surface area contributed by atoms with E-state index < -0.39 is 5.97 Å². The second-order valence-electron chi connectivity index (χ2n) is 4.35. The van der Waals surface area contributed by atoms with Gasteiger partial charge in [-0.05, 0) is 55.0 Å². The molecule has 0 bridgehead atoms. The Kier molecular flexibility index (Phi) is 5.22. The van der Waals surface area contributed by atoms with Gasteiger partial charge in [-0.2, -0.15) is 0 Å². The highest BCUT2D eigenvalue weighted by Crippen LogP contribution is 2.22. The lowest BCUT2D eigenvalue weighted by molar-refractivity contribution is -0.136. The molecule has 5 heteroatoms. The van der Waals surface area contributed by atoms with Crippen molar-refractivity contribution in [3.63, 3.8) is 0 Å². The molecular formula is C16H15BrO4. The molecule has 2 rings (SSSR count). The van der Waals surface area contributed by atoms with Crippen molar-refractivity contribution < 1.29 is 19.0 Å². The van der Waals surface area contributed by atoms with Crippen LogP contribution in [0.4, 0.5) is 0 Å². The third-order valence-electron chi connectivity index (χ3n) is 2.78. The molecule has 0 spiro atoms. The van der Waals surface area contributed by atoms with Crippen molar-refractivity contribution in [1.29, 1.82) is 0 Å². The van der Waals surface area contributed by atoms with Gasteiger partial charge in [0, 0.05) is 4.47 Å². The SMILES string of the molecule is COc1ccc(OC(=O)COc2ccc(Br)c(C)c2)cc1. The minimum atomic E-state index is -0.458. The van der Waals surface area contributed by atoms with Crippen LogP contribution in [0.5, 0.6) is 17.2 Å². The van der Waals surface area contributed by atoms with Crippen LogP contribution in [0.1, 0.15) is 5.56 Å². The predicted molar refractivity (Wildman–Crippen MR) is 83.0 cm³/mol. The van der Waals surface area contributed by atoms with E-state index in [0.29, 0.717) is 17.2 Å². The predicted octanol–water partition coefficient (Wildman–Crippen LogP) is 3.75. The van der Waals surface area contributed by atoms with Gasteiger partial charge in [-0.3, -0.25) is 0 Å². The van der Waals surface area contributed by atoms with Gasteiger partial charge in [0.1, 0.15) is 17.2 Å². The van der Waals surface area contributed by atoms with E-state index in [9.17, 15) is 4.79 Å². The Balaban J connectivity index is 1.87. The normalized spacial score (nSPS) is 10.0. The van der Waals surface area contributed by atoms with Crippen molar-refractivity contribution in [2.24, 2.45) is 0 Å². The lowest BCUT2D eigenvalue weighted by Gasteiger charge is -2.08. The number of halogens is 1. The van der Waals surface area contributed by atoms with E-state index in [4.69, 9.17) is 14.2 Å². The Bertz CT molecular complexity index is 623. The minimum Gasteiger partial charge on any atom is -0.497 e. The van der Waals surface area contributed by atoms with E-state index in [-0.39, 0.29) is 6.61 Å². The maximum absolute atomic E-state index is 11.7. The fraction of sp³-hybridized carbons (Fsp3) is 0.188. The Morgan fingerprint density at radius 1 is 1.05 bits per heavy atom. The molecule has 110 valence electrons. The van der Waals surface area contributed by atoms with E-state index in [2.05, 4.69) is 15.9 Å². The molecule has 0 aromatic heterocycles. The number of rotatable bonds is 5. The summed E-state index contributed by atoms with van der Waals surface area (Å²) in [5, 5.41) is 0. The summed E-state index contributed by atoms with van der Waals surface area (Å²) < 4.78 is 16.6. The minimum absolute atomic E-state index is 0.146. The number of carbonyl (C=O) groups excluding carboxylic acids is 1.